The molecule has 0 aromatic heterocycles. The summed E-state index contributed by atoms with van der Waals surface area (Å²) >= 11 is 0. The van der Waals surface area contributed by atoms with Gasteiger partial charge in [0.1, 0.15) is 29.4 Å². The summed E-state index contributed by atoms with van der Waals surface area (Å²) in [6.07, 6.45) is 1.21. The van der Waals surface area contributed by atoms with Crippen LogP contribution >= 0.6 is 0 Å². The minimum Gasteiger partial charge on any atom is -0.485 e. The summed E-state index contributed by atoms with van der Waals surface area (Å²) in [5, 5.41) is 3.34. The first kappa shape index (κ1) is 20.4. The van der Waals surface area contributed by atoms with Gasteiger partial charge in [0.25, 0.3) is 0 Å². The van der Waals surface area contributed by atoms with E-state index in [0.717, 1.165) is 22.6 Å². The molecule has 28 heavy (non-hydrogen) atoms. The van der Waals surface area contributed by atoms with Crippen molar-refractivity contribution in [1.29, 1.82) is 0 Å². The Labute approximate surface area is 166 Å². The molecule has 0 amide bonds. The quantitative estimate of drug-likeness (QED) is 0.630. The molecule has 4 nitrogen and oxygen atoms in total. The number of anilines is 1. The van der Waals surface area contributed by atoms with Crippen LogP contribution in [0.4, 0.5) is 10.1 Å². The van der Waals surface area contributed by atoms with Gasteiger partial charge >= 0.3 is 0 Å². The molecule has 0 spiro atoms. The smallest absolute Gasteiger partial charge is 0.132 e. The van der Waals surface area contributed by atoms with Crippen LogP contribution in [0.25, 0.3) is 0 Å². The topological polar surface area (TPSA) is 39.7 Å². The fraction of sp³-hybridized carbons (Fsp3) is 0.391. The number of halogens is 1. The molecule has 3 rings (SSSR count). The Morgan fingerprint density at radius 2 is 2.04 bits per heavy atom. The first-order valence-electron chi connectivity index (χ1n) is 9.60. The van der Waals surface area contributed by atoms with Gasteiger partial charge in [-0.2, -0.15) is 0 Å². The van der Waals surface area contributed by atoms with Crippen LogP contribution in [0.3, 0.4) is 0 Å². The van der Waals surface area contributed by atoms with E-state index in [2.05, 4.69) is 11.9 Å². The van der Waals surface area contributed by atoms with Crippen molar-refractivity contribution < 1.29 is 18.6 Å². The van der Waals surface area contributed by atoms with E-state index in [9.17, 15) is 4.39 Å². The van der Waals surface area contributed by atoms with Gasteiger partial charge in [-0.05, 0) is 56.7 Å². The summed E-state index contributed by atoms with van der Waals surface area (Å²) in [7, 11) is 0. The number of nitrogens with one attached hydrogen (secondary N) is 1. The molecule has 0 radical (unpaired) electrons. The molecule has 0 saturated heterocycles. The van der Waals surface area contributed by atoms with Crippen LogP contribution in [0.15, 0.2) is 55.1 Å². The molecular weight excluding hydrogens is 357 g/mol. The summed E-state index contributed by atoms with van der Waals surface area (Å²) in [4.78, 5) is 0. The fourth-order valence-corrected chi connectivity index (χ4v) is 3.51. The minimum absolute atomic E-state index is 0.237. The molecule has 150 valence electrons. The van der Waals surface area contributed by atoms with E-state index < -0.39 is 5.60 Å². The van der Waals surface area contributed by atoms with Gasteiger partial charge in [-0.25, -0.2) is 4.39 Å². The largest absolute Gasteiger partial charge is 0.485 e. The first-order chi connectivity index (χ1) is 13.4. The van der Waals surface area contributed by atoms with Crippen LogP contribution in [0.2, 0.25) is 0 Å². The molecule has 0 fully saturated rings. The van der Waals surface area contributed by atoms with Crippen LogP contribution < -0.4 is 10.1 Å². The Bertz CT molecular complexity index is 821. The van der Waals surface area contributed by atoms with Gasteiger partial charge in [0.05, 0.1) is 6.61 Å². The highest BCUT2D eigenvalue weighted by Crippen LogP contribution is 2.44. The lowest BCUT2D eigenvalue weighted by Crippen LogP contribution is -2.51. The van der Waals surface area contributed by atoms with Crippen molar-refractivity contribution in [1.82, 2.24) is 0 Å². The Morgan fingerprint density at radius 1 is 1.21 bits per heavy atom. The van der Waals surface area contributed by atoms with Crippen molar-refractivity contribution >= 4 is 5.69 Å². The number of fused-ring (bicyclic) bond motifs is 1. The molecule has 1 heterocycles. The van der Waals surface area contributed by atoms with Gasteiger partial charge in [0, 0.05) is 24.4 Å². The fourth-order valence-electron chi connectivity index (χ4n) is 3.51. The van der Waals surface area contributed by atoms with Crippen LogP contribution in [0.5, 0.6) is 5.75 Å². The van der Waals surface area contributed by atoms with Gasteiger partial charge in [0.2, 0.25) is 0 Å². The van der Waals surface area contributed by atoms with Crippen LogP contribution in [-0.2, 0) is 16.0 Å². The van der Waals surface area contributed by atoms with Crippen molar-refractivity contribution in [2.45, 2.75) is 45.1 Å². The Hall–Kier alpha value is -2.37. The van der Waals surface area contributed by atoms with Gasteiger partial charge in [-0.1, -0.05) is 18.2 Å². The van der Waals surface area contributed by atoms with Gasteiger partial charge in [0.15, 0.2) is 0 Å². The maximum Gasteiger partial charge on any atom is 0.132 e. The second-order valence-electron chi connectivity index (χ2n) is 7.36. The maximum absolute atomic E-state index is 13.4. The number of hydrogen-bond donors (Lipinski definition) is 1. The third-order valence-corrected chi connectivity index (χ3v) is 4.78. The second-order valence-corrected chi connectivity index (χ2v) is 7.36. The second kappa shape index (κ2) is 8.76. The lowest BCUT2D eigenvalue weighted by molar-refractivity contribution is -0.155. The van der Waals surface area contributed by atoms with E-state index in [4.69, 9.17) is 14.2 Å². The molecule has 0 saturated carbocycles. The molecule has 2 aromatic rings. The summed E-state index contributed by atoms with van der Waals surface area (Å²) in [6.45, 7) is 11.2. The molecular formula is C23H28FNO3. The molecule has 1 aliphatic heterocycles. The SMILES string of the molecule is C=CCOC1C(OCC)c2cc(NCc3cccc(F)c3)ccc2OC1(C)C. The third kappa shape index (κ3) is 4.54. The average molecular weight is 385 g/mol. The zero-order valence-corrected chi connectivity index (χ0v) is 16.7. The van der Waals surface area contributed by atoms with Crippen LogP contribution in [0, 0.1) is 5.82 Å². The highest BCUT2D eigenvalue weighted by Gasteiger charge is 2.45. The summed E-state index contributed by atoms with van der Waals surface area (Å²) in [5.74, 6) is 0.553. The lowest BCUT2D eigenvalue weighted by Gasteiger charge is -2.44. The third-order valence-electron chi connectivity index (χ3n) is 4.78. The Balaban J connectivity index is 1.85. The van der Waals surface area contributed by atoms with E-state index >= 15 is 0 Å². The molecule has 0 bridgehead atoms. The number of hydrogen-bond acceptors (Lipinski definition) is 4. The summed E-state index contributed by atoms with van der Waals surface area (Å²) in [5.41, 5.74) is 2.20. The zero-order chi connectivity index (χ0) is 20.1. The summed E-state index contributed by atoms with van der Waals surface area (Å²) in [6, 6.07) is 12.5. The van der Waals surface area contributed by atoms with Crippen molar-refractivity contribution in [3.8, 4) is 5.75 Å². The normalized spacial score (nSPS) is 20.1. The van der Waals surface area contributed by atoms with E-state index in [1.807, 2.05) is 45.0 Å². The monoisotopic (exact) mass is 385 g/mol. The maximum atomic E-state index is 13.4. The Morgan fingerprint density at radius 3 is 2.75 bits per heavy atom. The molecule has 2 aromatic carbocycles. The molecule has 0 aliphatic carbocycles. The van der Waals surface area contributed by atoms with E-state index in [0.29, 0.717) is 19.8 Å². The molecule has 1 aliphatic rings. The van der Waals surface area contributed by atoms with Gasteiger partial charge in [-0.15, -0.1) is 6.58 Å². The number of benzene rings is 2. The molecule has 2 atom stereocenters. The van der Waals surface area contributed by atoms with E-state index in [1.54, 1.807) is 12.1 Å². The predicted molar refractivity (Wildman–Crippen MR) is 109 cm³/mol. The van der Waals surface area contributed by atoms with E-state index in [1.165, 1.54) is 12.1 Å². The van der Waals surface area contributed by atoms with Crippen molar-refractivity contribution in [2.24, 2.45) is 0 Å². The minimum atomic E-state index is -0.535. The zero-order valence-electron chi connectivity index (χ0n) is 16.7. The standard InChI is InChI=1S/C23H28FNO3/c1-5-12-27-22-21(26-6-2)19-14-18(10-11-20(19)28-23(22,3)4)25-15-16-8-7-9-17(24)13-16/h5,7-11,13-14,21-22,25H,1,6,12,15H2,2-4H3. The van der Waals surface area contributed by atoms with Crippen LogP contribution in [0.1, 0.15) is 38.0 Å². The lowest BCUT2D eigenvalue weighted by atomic mass is 9.88. The predicted octanol–water partition coefficient (Wildman–Crippen LogP) is 5.26. The number of rotatable bonds is 8. The molecule has 2 unspecified atom stereocenters. The van der Waals surface area contributed by atoms with Gasteiger partial charge < -0.3 is 19.5 Å². The average Bonchev–Trinajstić information content (AvgIpc) is 2.66. The molecule has 5 heteroatoms. The first-order valence-corrected chi connectivity index (χ1v) is 9.60. The summed E-state index contributed by atoms with van der Waals surface area (Å²) < 4.78 is 31.7. The van der Waals surface area contributed by atoms with Crippen molar-refractivity contribution in [3.63, 3.8) is 0 Å². The van der Waals surface area contributed by atoms with Crippen molar-refractivity contribution in [3.05, 3.63) is 72.1 Å². The number of ether oxygens (including phenoxy) is 3. The van der Waals surface area contributed by atoms with E-state index in [-0.39, 0.29) is 18.0 Å². The van der Waals surface area contributed by atoms with Crippen LogP contribution in [-0.4, -0.2) is 24.9 Å². The molecule has 1 N–H and O–H groups in total. The highest BCUT2D eigenvalue weighted by molar-refractivity contribution is 5.53. The Kier molecular flexibility index (Phi) is 6.37. The van der Waals surface area contributed by atoms with Gasteiger partial charge in [-0.3, -0.25) is 0 Å². The highest BCUT2D eigenvalue weighted by atomic mass is 19.1. The van der Waals surface area contributed by atoms with Crippen molar-refractivity contribution in [2.75, 3.05) is 18.5 Å².